The van der Waals surface area contributed by atoms with Crippen molar-refractivity contribution in [1.29, 1.82) is 0 Å². The van der Waals surface area contributed by atoms with Gasteiger partial charge in [-0.15, -0.1) is 24.0 Å². The molecular formula is C21H29IN6O3. The van der Waals surface area contributed by atoms with Gasteiger partial charge in [-0.25, -0.2) is 0 Å². The molecule has 0 bridgehead atoms. The number of nitrogens with one attached hydrogen (secondary N) is 3. The van der Waals surface area contributed by atoms with Crippen LogP contribution in [0.2, 0.25) is 0 Å². The highest BCUT2D eigenvalue weighted by molar-refractivity contribution is 14.0. The van der Waals surface area contributed by atoms with Gasteiger partial charge in [0.2, 0.25) is 5.91 Å². The van der Waals surface area contributed by atoms with Crippen molar-refractivity contribution >= 4 is 41.8 Å². The summed E-state index contributed by atoms with van der Waals surface area (Å²) in [4.78, 5) is 29.8. The van der Waals surface area contributed by atoms with Crippen LogP contribution in [-0.2, 0) is 17.9 Å². The number of aliphatic imine (C=N–C) groups is 1. The topological polar surface area (TPSA) is 112 Å². The summed E-state index contributed by atoms with van der Waals surface area (Å²) in [6.45, 7) is 6.29. The van der Waals surface area contributed by atoms with Gasteiger partial charge in [-0.1, -0.05) is 31.1 Å². The first-order chi connectivity index (χ1) is 14.5. The van der Waals surface area contributed by atoms with Crippen molar-refractivity contribution < 1.29 is 14.1 Å². The fourth-order valence-electron chi connectivity index (χ4n) is 3.02. The van der Waals surface area contributed by atoms with Crippen molar-refractivity contribution in [1.82, 2.24) is 26.0 Å². The van der Waals surface area contributed by atoms with Gasteiger partial charge in [0.1, 0.15) is 0 Å². The van der Waals surface area contributed by atoms with Gasteiger partial charge in [0.05, 0.1) is 18.8 Å². The largest absolute Gasteiger partial charge is 0.359 e. The summed E-state index contributed by atoms with van der Waals surface area (Å²) >= 11 is 0. The SMILES string of the molecule is CN=C(NCc1ccc(C(=O)N2CCNC(=O)C2)cc1)NCc1cc(C(C)C)no1.I. The maximum Gasteiger partial charge on any atom is 0.254 e. The molecule has 2 amide bonds. The third kappa shape index (κ3) is 6.94. The van der Waals surface area contributed by atoms with Crippen molar-refractivity contribution in [2.24, 2.45) is 4.99 Å². The smallest absolute Gasteiger partial charge is 0.254 e. The van der Waals surface area contributed by atoms with Gasteiger partial charge in [0.25, 0.3) is 5.91 Å². The Morgan fingerprint density at radius 1 is 1.26 bits per heavy atom. The summed E-state index contributed by atoms with van der Waals surface area (Å²) in [5, 5.41) is 13.2. The first kappa shape index (κ1) is 24.6. The standard InChI is InChI=1S/C21H28N6O3.HI/c1-14(2)18-10-17(30-26-18)12-25-21(22-3)24-11-15-4-6-16(7-5-15)20(29)27-9-8-23-19(28)13-27;/h4-7,10,14H,8-9,11-13H2,1-3H3,(H,23,28)(H2,22,24,25);1H. The second kappa shape index (κ2) is 11.7. The zero-order valence-electron chi connectivity index (χ0n) is 18.0. The molecule has 0 atom stereocenters. The molecule has 3 rings (SSSR count). The number of nitrogens with zero attached hydrogens (tertiary/aromatic N) is 3. The zero-order valence-corrected chi connectivity index (χ0v) is 20.3. The molecule has 1 saturated heterocycles. The third-order valence-corrected chi connectivity index (χ3v) is 4.81. The number of carbonyl (C=O) groups excluding carboxylic acids is 2. The number of hydrogen-bond donors (Lipinski definition) is 3. The van der Waals surface area contributed by atoms with E-state index in [-0.39, 0.29) is 42.3 Å². The molecule has 1 aromatic carbocycles. The second-order valence-electron chi connectivity index (χ2n) is 7.43. The predicted molar refractivity (Wildman–Crippen MR) is 128 cm³/mol. The maximum absolute atomic E-state index is 12.5. The minimum atomic E-state index is -0.130. The normalized spacial score (nSPS) is 14.1. The minimum absolute atomic E-state index is 0. The molecule has 9 nitrogen and oxygen atoms in total. The van der Waals surface area contributed by atoms with E-state index in [4.69, 9.17) is 4.52 Å². The number of carbonyl (C=O) groups is 2. The van der Waals surface area contributed by atoms with Gasteiger partial charge in [0, 0.05) is 38.3 Å². The lowest BCUT2D eigenvalue weighted by Gasteiger charge is -2.26. The summed E-state index contributed by atoms with van der Waals surface area (Å²) in [5.74, 6) is 1.45. The zero-order chi connectivity index (χ0) is 21.5. The number of hydrogen-bond acceptors (Lipinski definition) is 5. The van der Waals surface area contributed by atoms with Crippen LogP contribution in [0.5, 0.6) is 0 Å². The monoisotopic (exact) mass is 540 g/mol. The highest BCUT2D eigenvalue weighted by Gasteiger charge is 2.22. The number of benzene rings is 1. The quantitative estimate of drug-likeness (QED) is 0.293. The van der Waals surface area contributed by atoms with E-state index in [1.54, 1.807) is 24.1 Å². The van der Waals surface area contributed by atoms with Crippen LogP contribution in [0.1, 0.15) is 47.1 Å². The van der Waals surface area contributed by atoms with Gasteiger partial charge in [-0.2, -0.15) is 0 Å². The van der Waals surface area contributed by atoms with E-state index in [9.17, 15) is 9.59 Å². The summed E-state index contributed by atoms with van der Waals surface area (Å²) in [6.07, 6.45) is 0. The summed E-state index contributed by atoms with van der Waals surface area (Å²) in [6, 6.07) is 9.28. The van der Waals surface area contributed by atoms with Crippen LogP contribution in [0.3, 0.4) is 0 Å². The number of halogens is 1. The van der Waals surface area contributed by atoms with Crippen LogP contribution in [0.25, 0.3) is 0 Å². The third-order valence-electron chi connectivity index (χ3n) is 4.81. The van der Waals surface area contributed by atoms with Gasteiger partial charge in [-0.3, -0.25) is 14.6 Å². The van der Waals surface area contributed by atoms with Crippen LogP contribution in [0.15, 0.2) is 39.8 Å². The molecule has 0 spiro atoms. The molecule has 0 unspecified atom stereocenters. The van der Waals surface area contributed by atoms with E-state index in [2.05, 4.69) is 39.9 Å². The van der Waals surface area contributed by atoms with E-state index in [0.29, 0.717) is 43.6 Å². The molecule has 3 N–H and O–H groups in total. The van der Waals surface area contributed by atoms with Gasteiger partial charge >= 0.3 is 0 Å². The second-order valence-corrected chi connectivity index (χ2v) is 7.43. The van der Waals surface area contributed by atoms with E-state index in [1.165, 1.54) is 0 Å². The van der Waals surface area contributed by atoms with Crippen LogP contribution in [0, 0.1) is 0 Å². The van der Waals surface area contributed by atoms with Crippen LogP contribution in [-0.4, -0.2) is 54.5 Å². The lowest BCUT2D eigenvalue weighted by molar-refractivity contribution is -0.123. The molecule has 168 valence electrons. The van der Waals surface area contributed by atoms with Crippen LogP contribution >= 0.6 is 24.0 Å². The van der Waals surface area contributed by atoms with Crippen molar-refractivity contribution in [3.8, 4) is 0 Å². The number of rotatable bonds is 6. The number of aromatic nitrogens is 1. The summed E-state index contributed by atoms with van der Waals surface area (Å²) in [7, 11) is 1.70. The van der Waals surface area contributed by atoms with Gasteiger partial charge < -0.3 is 25.4 Å². The molecule has 0 radical (unpaired) electrons. The Kier molecular flexibility index (Phi) is 9.28. The highest BCUT2D eigenvalue weighted by Crippen LogP contribution is 2.13. The van der Waals surface area contributed by atoms with Crippen molar-refractivity contribution in [2.75, 3.05) is 26.7 Å². The molecule has 1 aliphatic rings. The Labute approximate surface area is 199 Å². The molecule has 0 aliphatic carbocycles. The predicted octanol–water partition coefficient (Wildman–Crippen LogP) is 1.85. The highest BCUT2D eigenvalue weighted by atomic mass is 127. The van der Waals surface area contributed by atoms with E-state index < -0.39 is 0 Å². The molecule has 2 heterocycles. The lowest BCUT2D eigenvalue weighted by atomic mass is 10.1. The van der Waals surface area contributed by atoms with Crippen LogP contribution in [0.4, 0.5) is 0 Å². The number of piperazine rings is 1. The number of guanidine groups is 1. The Bertz CT molecular complexity index is 910. The van der Waals surface area contributed by atoms with Gasteiger partial charge in [0.15, 0.2) is 11.7 Å². The summed E-state index contributed by atoms with van der Waals surface area (Å²) < 4.78 is 5.32. The lowest BCUT2D eigenvalue weighted by Crippen LogP contribution is -2.49. The fraction of sp³-hybridized carbons (Fsp3) is 0.429. The molecule has 2 aromatic rings. The van der Waals surface area contributed by atoms with E-state index >= 15 is 0 Å². The maximum atomic E-state index is 12.5. The first-order valence-corrected chi connectivity index (χ1v) is 10.0. The van der Waals surface area contributed by atoms with Crippen LogP contribution < -0.4 is 16.0 Å². The van der Waals surface area contributed by atoms with Gasteiger partial charge in [-0.05, 0) is 23.6 Å². The van der Waals surface area contributed by atoms with E-state index in [0.717, 1.165) is 17.0 Å². The van der Waals surface area contributed by atoms with Crippen molar-refractivity contribution in [2.45, 2.75) is 32.9 Å². The molecule has 0 saturated carbocycles. The molecule has 1 aromatic heterocycles. The molecule has 1 aliphatic heterocycles. The van der Waals surface area contributed by atoms with E-state index in [1.807, 2.05) is 18.2 Å². The Balaban J connectivity index is 0.00000341. The Hall–Kier alpha value is -2.63. The molecule has 31 heavy (non-hydrogen) atoms. The molecule has 10 heteroatoms. The first-order valence-electron chi connectivity index (χ1n) is 10.0. The average molecular weight is 540 g/mol. The minimum Gasteiger partial charge on any atom is -0.359 e. The van der Waals surface area contributed by atoms with Crippen molar-refractivity contribution in [3.63, 3.8) is 0 Å². The summed E-state index contributed by atoms with van der Waals surface area (Å²) in [5.41, 5.74) is 2.50. The van der Waals surface area contributed by atoms with Crippen molar-refractivity contribution in [3.05, 3.63) is 52.9 Å². The average Bonchev–Trinajstić information content (AvgIpc) is 3.23. The molecule has 1 fully saturated rings. The Morgan fingerprint density at radius 2 is 1.97 bits per heavy atom. The molecular weight excluding hydrogens is 511 g/mol. The fourth-order valence-corrected chi connectivity index (χ4v) is 3.02. The Morgan fingerprint density at radius 3 is 2.58 bits per heavy atom. The number of amides is 2.